The zero-order chi connectivity index (χ0) is 47.4. The Bertz CT molecular complexity index is 2400. The first-order chi connectivity index (χ1) is 31.8. The predicted octanol–water partition coefficient (Wildman–Crippen LogP) is 9.75. The normalized spacial score (nSPS) is 12.2. The van der Waals surface area contributed by atoms with Crippen LogP contribution >= 0.6 is 0 Å². The van der Waals surface area contributed by atoms with Gasteiger partial charge in [0.05, 0.1) is 23.2 Å². The zero-order valence-corrected chi connectivity index (χ0v) is 40.9. The number of Topliss-reactive ketones (excluding diaryl/α,β-unsaturated/α-hetero) is 1. The van der Waals surface area contributed by atoms with E-state index in [-0.39, 0.29) is 33.7 Å². The van der Waals surface area contributed by atoms with Crippen LogP contribution in [0.5, 0.6) is 0 Å². The van der Waals surface area contributed by atoms with Gasteiger partial charge in [-0.25, -0.2) is 0 Å². The van der Waals surface area contributed by atoms with E-state index in [4.69, 9.17) is 5.26 Å². The largest absolute Gasteiger partial charge is 0.286 e. The molecule has 0 atom stereocenters. The van der Waals surface area contributed by atoms with Crippen molar-refractivity contribution in [1.82, 2.24) is 19.9 Å². The van der Waals surface area contributed by atoms with Gasteiger partial charge in [0.25, 0.3) is 0 Å². The van der Waals surface area contributed by atoms with Gasteiger partial charge in [0.15, 0.2) is 0 Å². The van der Waals surface area contributed by atoms with Gasteiger partial charge in [0.2, 0.25) is 11.6 Å². The van der Waals surface area contributed by atoms with Crippen LogP contribution in [0.1, 0.15) is 65.5 Å². The van der Waals surface area contributed by atoms with Gasteiger partial charge in [-0.15, -0.1) is 0 Å². The molecular weight excluding hydrogens is 864 g/mol. The van der Waals surface area contributed by atoms with Gasteiger partial charge in [-0.2, -0.15) is 27.1 Å². The molecular formula is C58H61BMnN5O2-. The van der Waals surface area contributed by atoms with Crippen molar-refractivity contribution in [2.24, 2.45) is 10.8 Å². The second kappa shape index (κ2) is 25.8. The number of carbonyl (C=O) groups excluding carboxylic acids is 2. The van der Waals surface area contributed by atoms with Crippen LogP contribution in [-0.2, 0) is 46.3 Å². The molecule has 67 heavy (non-hydrogen) atoms. The minimum atomic E-state index is -1.22. The summed E-state index contributed by atoms with van der Waals surface area (Å²) in [7, 11) is 0. The van der Waals surface area contributed by atoms with Crippen molar-refractivity contribution in [3.63, 3.8) is 0 Å². The fourth-order valence-corrected chi connectivity index (χ4v) is 8.04. The Kier molecular flexibility index (Phi) is 20.3. The molecule has 0 saturated carbocycles. The second-order valence-electron chi connectivity index (χ2n) is 18.2. The Morgan fingerprint density at radius 1 is 0.478 bits per heavy atom. The molecule has 8 rings (SSSR count). The second-order valence-corrected chi connectivity index (χ2v) is 18.2. The number of allylic oxidation sites excluding steroid dienone is 4. The smallest absolute Gasteiger partial charge is 0.229 e. The first-order valence-corrected chi connectivity index (χ1v) is 22.4. The SMILES string of the molecule is CC#N.CC(C)(C)C1=CC(=O)C(=O)C(C(C)(C)C)=C1.[Mn].c1ccc(CN(Cc2ccccn2)Cc2ccccn2)nc1.c1ccc([B-](c2ccccc2)(c2ccccc2)c2ccccc2)cc1. The third-order valence-electron chi connectivity index (χ3n) is 11.3. The quantitative estimate of drug-likeness (QED) is 0.0766. The molecule has 0 saturated heterocycles. The van der Waals surface area contributed by atoms with E-state index in [0.717, 1.165) is 42.3 Å². The molecule has 7 aromatic rings. The van der Waals surface area contributed by atoms with Crippen LogP contribution in [0.4, 0.5) is 0 Å². The molecule has 0 amide bonds. The Hall–Kier alpha value is -6.82. The molecule has 0 fully saturated rings. The number of nitriles is 1. The molecule has 3 heterocycles. The summed E-state index contributed by atoms with van der Waals surface area (Å²) in [5.74, 6) is -0.752. The number of pyridine rings is 3. The van der Waals surface area contributed by atoms with Crippen molar-refractivity contribution in [1.29, 1.82) is 5.26 Å². The molecule has 3 aromatic heterocycles. The summed E-state index contributed by atoms with van der Waals surface area (Å²) >= 11 is 0. The average molecular weight is 926 g/mol. The Morgan fingerprint density at radius 3 is 1.03 bits per heavy atom. The number of nitrogens with zero attached hydrogens (tertiary/aromatic N) is 5. The van der Waals surface area contributed by atoms with Gasteiger partial charge in [-0.3, -0.25) is 29.4 Å². The molecule has 341 valence electrons. The summed E-state index contributed by atoms with van der Waals surface area (Å²) in [5, 5.41) is 7.32. The molecule has 9 heteroatoms. The third kappa shape index (κ3) is 15.1. The van der Waals surface area contributed by atoms with Gasteiger partial charge in [0.1, 0.15) is 6.15 Å². The summed E-state index contributed by atoms with van der Waals surface area (Å²) < 4.78 is 0. The van der Waals surface area contributed by atoms with E-state index in [2.05, 4.69) is 141 Å². The van der Waals surface area contributed by atoms with E-state index >= 15 is 0 Å². The molecule has 0 spiro atoms. The van der Waals surface area contributed by atoms with Crippen molar-refractivity contribution in [3.05, 3.63) is 235 Å². The summed E-state index contributed by atoms with van der Waals surface area (Å²) in [4.78, 5) is 39.0. The van der Waals surface area contributed by atoms with E-state index in [1.807, 2.05) is 121 Å². The molecule has 1 aliphatic carbocycles. The molecule has 1 radical (unpaired) electrons. The van der Waals surface area contributed by atoms with Crippen molar-refractivity contribution >= 4 is 39.6 Å². The topological polar surface area (TPSA) is 99.8 Å². The van der Waals surface area contributed by atoms with Crippen LogP contribution in [0.2, 0.25) is 0 Å². The summed E-state index contributed by atoms with van der Waals surface area (Å²) in [6, 6.07) is 63.3. The number of hydrogen-bond donors (Lipinski definition) is 0. The maximum Gasteiger partial charge on any atom is 0.229 e. The van der Waals surface area contributed by atoms with Crippen LogP contribution in [0.15, 0.2) is 218 Å². The number of ketones is 2. The first-order valence-electron chi connectivity index (χ1n) is 22.4. The number of carbonyl (C=O) groups is 2. The Morgan fingerprint density at radius 2 is 0.776 bits per heavy atom. The van der Waals surface area contributed by atoms with E-state index in [0.29, 0.717) is 5.57 Å². The summed E-state index contributed by atoms with van der Waals surface area (Å²) in [6.07, 6.45) is 7.62. The van der Waals surface area contributed by atoms with Crippen LogP contribution in [-0.4, -0.2) is 37.6 Å². The number of aromatic nitrogens is 3. The van der Waals surface area contributed by atoms with Gasteiger partial charge >= 0.3 is 0 Å². The standard InChI is InChI=1S/C24H20B.C18H18N4.C14H20O2.C2H3N.Mn/c1-5-13-21(14-6-1)25(22-15-7-2-8-16-22,23-17-9-3-10-18-23)24-19-11-4-12-20-24;1-4-10-19-16(7-1)13-22(14-17-8-2-5-11-20-17)15-18-9-3-6-12-21-18;1-13(2,3)9-7-10(14(4,5)6)12(16)11(15)8-9;1-2-3;/h1-20H;1-12H,13-15H2;7-8H,1-6H3;1H3;/q-1;;;;. The maximum atomic E-state index is 11.8. The van der Waals surface area contributed by atoms with Gasteiger partial charge in [-0.1, -0.05) is 187 Å². The molecule has 7 nitrogen and oxygen atoms in total. The number of hydrogen-bond acceptors (Lipinski definition) is 7. The fraction of sp³-hybridized carbons (Fsp3) is 0.207. The Labute approximate surface area is 409 Å². The molecule has 0 unspecified atom stereocenters. The van der Waals surface area contributed by atoms with Gasteiger partial charge < -0.3 is 0 Å². The van der Waals surface area contributed by atoms with Crippen LogP contribution in [0.3, 0.4) is 0 Å². The number of rotatable bonds is 10. The molecule has 0 N–H and O–H groups in total. The molecule has 1 aliphatic rings. The van der Waals surface area contributed by atoms with Crippen LogP contribution < -0.4 is 21.9 Å². The fourth-order valence-electron chi connectivity index (χ4n) is 8.04. The van der Waals surface area contributed by atoms with Crippen molar-refractivity contribution in [2.45, 2.75) is 68.1 Å². The third-order valence-corrected chi connectivity index (χ3v) is 11.3. The summed E-state index contributed by atoms with van der Waals surface area (Å²) in [6.45, 7) is 15.7. The molecule has 0 aliphatic heterocycles. The maximum absolute atomic E-state index is 11.8. The van der Waals surface area contributed by atoms with Crippen LogP contribution in [0, 0.1) is 22.2 Å². The van der Waals surface area contributed by atoms with Crippen molar-refractivity contribution in [2.75, 3.05) is 0 Å². The monoisotopic (exact) mass is 925 g/mol. The summed E-state index contributed by atoms with van der Waals surface area (Å²) in [5.41, 5.74) is 9.67. The minimum absolute atomic E-state index is 0. The molecule has 4 aromatic carbocycles. The van der Waals surface area contributed by atoms with E-state index < -0.39 is 11.9 Å². The zero-order valence-electron chi connectivity index (χ0n) is 39.8. The molecule has 0 bridgehead atoms. The van der Waals surface area contributed by atoms with Crippen molar-refractivity contribution < 1.29 is 26.7 Å². The minimum Gasteiger partial charge on any atom is -0.286 e. The van der Waals surface area contributed by atoms with E-state index in [1.165, 1.54) is 34.9 Å². The Balaban J connectivity index is 0.000000216. The van der Waals surface area contributed by atoms with Gasteiger partial charge in [-0.05, 0) is 58.9 Å². The van der Waals surface area contributed by atoms with E-state index in [1.54, 1.807) is 6.07 Å². The van der Waals surface area contributed by atoms with Crippen molar-refractivity contribution in [3.8, 4) is 6.07 Å². The van der Waals surface area contributed by atoms with E-state index in [9.17, 15) is 9.59 Å². The van der Waals surface area contributed by atoms with Crippen LogP contribution in [0.25, 0.3) is 0 Å². The predicted molar refractivity (Wildman–Crippen MR) is 272 cm³/mol. The van der Waals surface area contributed by atoms with Gasteiger partial charge in [0, 0.05) is 67.8 Å². The number of benzene rings is 4. The average Bonchev–Trinajstić information content (AvgIpc) is 3.32. The first kappa shape index (κ1) is 52.8.